The summed E-state index contributed by atoms with van der Waals surface area (Å²) in [5.74, 6) is -1.10. The van der Waals surface area contributed by atoms with Crippen molar-refractivity contribution >= 4 is 33.2 Å². The number of anilines is 1. The van der Waals surface area contributed by atoms with Crippen molar-refractivity contribution in [2.24, 2.45) is 0 Å². The molecule has 0 radical (unpaired) electrons. The normalized spacial score (nSPS) is 11.5. The van der Waals surface area contributed by atoms with Gasteiger partial charge >= 0.3 is 0 Å². The zero-order valence-corrected chi connectivity index (χ0v) is 17.8. The number of rotatable bonds is 7. The van der Waals surface area contributed by atoms with E-state index in [4.69, 9.17) is 11.6 Å². The van der Waals surface area contributed by atoms with Gasteiger partial charge in [0.2, 0.25) is 15.9 Å². The molecule has 30 heavy (non-hydrogen) atoms. The first kappa shape index (κ1) is 22.0. The van der Waals surface area contributed by atoms with Gasteiger partial charge in [0.05, 0.1) is 11.4 Å². The highest BCUT2D eigenvalue weighted by molar-refractivity contribution is 7.89. The molecule has 0 aromatic heterocycles. The van der Waals surface area contributed by atoms with Crippen molar-refractivity contribution in [3.8, 4) is 0 Å². The maximum atomic E-state index is 13.4. The smallest absolute Gasteiger partial charge is 0.243 e. The lowest BCUT2D eigenvalue weighted by Gasteiger charge is -2.22. The Kier molecular flexibility index (Phi) is 6.87. The monoisotopic (exact) mass is 446 g/mol. The van der Waals surface area contributed by atoms with Crippen molar-refractivity contribution in [3.63, 3.8) is 0 Å². The lowest BCUT2D eigenvalue weighted by atomic mass is 10.2. The van der Waals surface area contributed by atoms with Crippen LogP contribution in [0.5, 0.6) is 0 Å². The van der Waals surface area contributed by atoms with Gasteiger partial charge in [-0.1, -0.05) is 53.6 Å². The Morgan fingerprint density at radius 2 is 1.73 bits per heavy atom. The zero-order valence-electron chi connectivity index (χ0n) is 16.2. The summed E-state index contributed by atoms with van der Waals surface area (Å²) in [6, 6.07) is 18.6. The molecule has 0 aliphatic rings. The number of nitrogens with one attached hydrogen (secondary N) is 1. The van der Waals surface area contributed by atoms with Gasteiger partial charge in [0.1, 0.15) is 5.82 Å². The zero-order chi connectivity index (χ0) is 21.7. The largest absolute Gasteiger partial charge is 0.325 e. The van der Waals surface area contributed by atoms with Crippen LogP contribution in [-0.2, 0) is 21.4 Å². The molecule has 0 spiro atoms. The molecule has 156 valence electrons. The van der Waals surface area contributed by atoms with Gasteiger partial charge in [0, 0.05) is 17.3 Å². The van der Waals surface area contributed by atoms with E-state index in [1.807, 2.05) is 6.92 Å². The quantitative estimate of drug-likeness (QED) is 0.576. The second kappa shape index (κ2) is 9.38. The maximum absolute atomic E-state index is 13.4. The summed E-state index contributed by atoms with van der Waals surface area (Å²) in [6.45, 7) is 1.30. The molecule has 8 heteroatoms. The molecule has 3 rings (SSSR count). The van der Waals surface area contributed by atoms with Crippen molar-refractivity contribution in [3.05, 3.63) is 94.8 Å². The highest BCUT2D eigenvalue weighted by Crippen LogP contribution is 2.23. The second-order valence-electron chi connectivity index (χ2n) is 6.74. The van der Waals surface area contributed by atoms with Crippen molar-refractivity contribution < 1.29 is 17.6 Å². The van der Waals surface area contributed by atoms with Gasteiger partial charge in [0.15, 0.2) is 0 Å². The van der Waals surface area contributed by atoms with Crippen LogP contribution in [0.1, 0.15) is 11.1 Å². The van der Waals surface area contributed by atoms with Crippen molar-refractivity contribution in [2.45, 2.75) is 18.4 Å². The topological polar surface area (TPSA) is 66.5 Å². The standard InChI is InChI=1S/C22H20ClFN2O3S/c1-16-9-11-20(12-10-16)30(28,29)26(14-17-5-2-3-8-21(17)23)15-22(27)25-19-7-4-6-18(24)13-19/h2-13H,14-15H2,1H3,(H,25,27). The van der Waals surface area contributed by atoms with E-state index >= 15 is 0 Å². The third kappa shape index (κ3) is 5.44. The number of amides is 1. The molecule has 0 atom stereocenters. The summed E-state index contributed by atoms with van der Waals surface area (Å²) >= 11 is 6.21. The molecule has 5 nitrogen and oxygen atoms in total. The van der Waals surface area contributed by atoms with Crippen LogP contribution >= 0.6 is 11.6 Å². The average Bonchev–Trinajstić information content (AvgIpc) is 2.69. The summed E-state index contributed by atoms with van der Waals surface area (Å²) in [5.41, 5.74) is 1.72. The molecule has 0 aliphatic carbocycles. The van der Waals surface area contributed by atoms with Crippen LogP contribution in [0.25, 0.3) is 0 Å². The van der Waals surface area contributed by atoms with Crippen LogP contribution in [0.15, 0.2) is 77.7 Å². The lowest BCUT2D eigenvalue weighted by molar-refractivity contribution is -0.116. The van der Waals surface area contributed by atoms with Crippen LogP contribution in [0.2, 0.25) is 5.02 Å². The Hall–Kier alpha value is -2.74. The fraction of sp³-hybridized carbons (Fsp3) is 0.136. The number of halogens is 2. The number of hydrogen-bond donors (Lipinski definition) is 1. The molecular weight excluding hydrogens is 427 g/mol. The number of carbonyl (C=O) groups excluding carboxylic acids is 1. The Morgan fingerprint density at radius 3 is 2.40 bits per heavy atom. The molecular formula is C22H20ClFN2O3S. The molecule has 0 unspecified atom stereocenters. The summed E-state index contributed by atoms with van der Waals surface area (Å²) in [4.78, 5) is 12.6. The number of hydrogen-bond acceptors (Lipinski definition) is 3. The van der Waals surface area contributed by atoms with Crippen LogP contribution in [0.4, 0.5) is 10.1 Å². The van der Waals surface area contributed by atoms with Crippen LogP contribution in [0, 0.1) is 12.7 Å². The van der Waals surface area contributed by atoms with Crippen molar-refractivity contribution in [1.82, 2.24) is 4.31 Å². The Morgan fingerprint density at radius 1 is 1.03 bits per heavy atom. The van der Waals surface area contributed by atoms with Gasteiger partial charge in [0.25, 0.3) is 0 Å². The molecule has 0 saturated heterocycles. The van der Waals surface area contributed by atoms with E-state index in [1.54, 1.807) is 36.4 Å². The maximum Gasteiger partial charge on any atom is 0.243 e. The first-order valence-corrected chi connectivity index (χ1v) is 10.9. The van der Waals surface area contributed by atoms with Crippen LogP contribution < -0.4 is 5.32 Å². The van der Waals surface area contributed by atoms with Crippen LogP contribution in [-0.4, -0.2) is 25.2 Å². The third-order valence-electron chi connectivity index (χ3n) is 4.39. The number of aryl methyl sites for hydroxylation is 1. The van der Waals surface area contributed by atoms with Gasteiger partial charge in [-0.15, -0.1) is 0 Å². The molecule has 0 heterocycles. The highest BCUT2D eigenvalue weighted by atomic mass is 35.5. The number of sulfonamides is 1. The molecule has 3 aromatic rings. The van der Waals surface area contributed by atoms with E-state index in [0.29, 0.717) is 10.6 Å². The fourth-order valence-corrected chi connectivity index (χ4v) is 4.40. The Bertz CT molecular complexity index is 1150. The summed E-state index contributed by atoms with van der Waals surface area (Å²) in [6.07, 6.45) is 0. The molecule has 3 aromatic carbocycles. The van der Waals surface area contributed by atoms with Gasteiger partial charge < -0.3 is 5.32 Å². The van der Waals surface area contributed by atoms with Crippen molar-refractivity contribution in [1.29, 1.82) is 0 Å². The highest BCUT2D eigenvalue weighted by Gasteiger charge is 2.27. The molecule has 0 saturated carbocycles. The summed E-state index contributed by atoms with van der Waals surface area (Å²) < 4.78 is 40.9. The minimum atomic E-state index is -3.99. The van der Waals surface area contributed by atoms with E-state index in [9.17, 15) is 17.6 Å². The molecule has 1 N–H and O–H groups in total. The lowest BCUT2D eigenvalue weighted by Crippen LogP contribution is -2.37. The Labute approximate surface area is 180 Å². The van der Waals surface area contributed by atoms with Gasteiger partial charge in [-0.05, 0) is 48.9 Å². The van der Waals surface area contributed by atoms with E-state index in [-0.39, 0.29) is 17.1 Å². The fourth-order valence-electron chi connectivity index (χ4n) is 2.83. The average molecular weight is 447 g/mol. The molecule has 1 amide bonds. The third-order valence-corrected chi connectivity index (χ3v) is 6.57. The summed E-state index contributed by atoms with van der Waals surface area (Å²) in [7, 11) is -3.99. The minimum absolute atomic E-state index is 0.0682. The Balaban J connectivity index is 1.89. The van der Waals surface area contributed by atoms with E-state index in [2.05, 4.69) is 5.32 Å². The summed E-state index contributed by atoms with van der Waals surface area (Å²) in [5, 5.41) is 2.92. The SMILES string of the molecule is Cc1ccc(S(=O)(=O)N(CC(=O)Nc2cccc(F)c2)Cc2ccccc2Cl)cc1. The number of nitrogens with zero attached hydrogens (tertiary/aromatic N) is 1. The van der Waals surface area contributed by atoms with Gasteiger partial charge in [-0.3, -0.25) is 4.79 Å². The van der Waals surface area contributed by atoms with Crippen LogP contribution in [0.3, 0.4) is 0 Å². The molecule has 0 fully saturated rings. The predicted octanol–water partition coefficient (Wildman–Crippen LogP) is 4.62. The first-order valence-electron chi connectivity index (χ1n) is 9.11. The molecule has 0 aliphatic heterocycles. The second-order valence-corrected chi connectivity index (χ2v) is 9.08. The predicted molar refractivity (Wildman–Crippen MR) is 115 cm³/mol. The van der Waals surface area contributed by atoms with Crippen molar-refractivity contribution in [2.75, 3.05) is 11.9 Å². The molecule has 0 bridgehead atoms. The van der Waals surface area contributed by atoms with Gasteiger partial charge in [-0.25, -0.2) is 12.8 Å². The van der Waals surface area contributed by atoms with Gasteiger partial charge in [-0.2, -0.15) is 4.31 Å². The number of carbonyl (C=O) groups is 1. The van der Waals surface area contributed by atoms with E-state index in [0.717, 1.165) is 15.9 Å². The minimum Gasteiger partial charge on any atom is -0.325 e. The number of benzene rings is 3. The first-order chi connectivity index (χ1) is 14.3. The van der Waals surface area contributed by atoms with E-state index < -0.39 is 28.3 Å². The van der Waals surface area contributed by atoms with E-state index in [1.165, 1.54) is 30.3 Å².